The van der Waals surface area contributed by atoms with Crippen LogP contribution in [0.4, 0.5) is 17.1 Å². The minimum absolute atomic E-state index is 0.576. The van der Waals surface area contributed by atoms with Crippen LogP contribution in [0.2, 0.25) is 0 Å². The lowest BCUT2D eigenvalue weighted by Gasteiger charge is -2.25. The molecule has 0 saturated heterocycles. The molecule has 0 saturated carbocycles. The lowest BCUT2D eigenvalue weighted by molar-refractivity contribution is 0.669. The maximum atomic E-state index is 6.71. The van der Waals surface area contributed by atoms with E-state index in [0.717, 1.165) is 77.6 Å². The van der Waals surface area contributed by atoms with Crippen molar-refractivity contribution in [2.75, 3.05) is 4.90 Å². The Morgan fingerprint density at radius 3 is 1.37 bits per heavy atom. The predicted molar refractivity (Wildman–Crippen MR) is 221 cm³/mol. The van der Waals surface area contributed by atoms with Gasteiger partial charge in [0.2, 0.25) is 0 Å². The molecule has 0 aliphatic rings. The highest BCUT2D eigenvalue weighted by Crippen LogP contribution is 2.42. The first-order valence-corrected chi connectivity index (χ1v) is 18.0. The van der Waals surface area contributed by atoms with E-state index in [2.05, 4.69) is 126 Å². The molecule has 0 atom stereocenters. The van der Waals surface area contributed by atoms with E-state index in [1.54, 1.807) is 0 Å². The smallest absolute Gasteiger partial charge is 0.164 e. The second kappa shape index (κ2) is 13.3. The minimum atomic E-state index is 0.576. The van der Waals surface area contributed by atoms with Crippen molar-refractivity contribution in [3.05, 3.63) is 194 Å². The summed E-state index contributed by atoms with van der Waals surface area (Å²) in [6.45, 7) is 0. The summed E-state index contributed by atoms with van der Waals surface area (Å²) in [4.78, 5) is 17.4. The third kappa shape index (κ3) is 5.74. The molecular weight excluding hydrogens is 661 g/mol. The van der Waals surface area contributed by atoms with Crippen molar-refractivity contribution in [1.29, 1.82) is 0 Å². The molecule has 0 aliphatic carbocycles. The summed E-state index contributed by atoms with van der Waals surface area (Å²) in [6.07, 6.45) is 0. The summed E-state index contributed by atoms with van der Waals surface area (Å²) in [5, 5.41) is 4.41. The van der Waals surface area contributed by atoms with E-state index in [0.29, 0.717) is 17.5 Å². The van der Waals surface area contributed by atoms with Gasteiger partial charge in [-0.1, -0.05) is 133 Å². The number of rotatable bonds is 7. The third-order valence-corrected chi connectivity index (χ3v) is 9.86. The van der Waals surface area contributed by atoms with Crippen LogP contribution in [0, 0.1) is 0 Å². The van der Waals surface area contributed by atoms with E-state index < -0.39 is 0 Å². The zero-order valence-corrected chi connectivity index (χ0v) is 29.2. The van der Waals surface area contributed by atoms with Crippen molar-refractivity contribution < 1.29 is 4.42 Å². The summed E-state index contributed by atoms with van der Waals surface area (Å²) in [6, 6.07) is 66.9. The van der Waals surface area contributed by atoms with Gasteiger partial charge < -0.3 is 9.32 Å². The van der Waals surface area contributed by atoms with Crippen LogP contribution >= 0.6 is 0 Å². The zero-order valence-electron chi connectivity index (χ0n) is 29.2. The van der Waals surface area contributed by atoms with Crippen LogP contribution in [0.3, 0.4) is 0 Å². The molecule has 0 N–H and O–H groups in total. The molecule has 0 aliphatic heterocycles. The zero-order chi connectivity index (χ0) is 35.8. The number of furan rings is 1. The first-order valence-electron chi connectivity index (χ1n) is 18.0. The van der Waals surface area contributed by atoms with Crippen molar-refractivity contribution in [3.8, 4) is 45.3 Å². The molecule has 54 heavy (non-hydrogen) atoms. The monoisotopic (exact) mass is 692 g/mol. The molecule has 0 fully saturated rings. The topological polar surface area (TPSA) is 55.1 Å². The lowest BCUT2D eigenvalue weighted by atomic mass is 9.95. The highest BCUT2D eigenvalue weighted by molar-refractivity contribution is 6.16. The number of para-hydroxylation sites is 2. The number of aromatic nitrogens is 3. The maximum absolute atomic E-state index is 6.71. The van der Waals surface area contributed by atoms with Crippen LogP contribution in [0.15, 0.2) is 199 Å². The number of nitrogens with zero attached hydrogens (tertiary/aromatic N) is 4. The molecule has 8 aromatic carbocycles. The fraction of sp³-hybridized carbons (Fsp3) is 0. The summed E-state index contributed by atoms with van der Waals surface area (Å²) < 4.78 is 6.71. The van der Waals surface area contributed by atoms with Gasteiger partial charge >= 0.3 is 0 Å². The van der Waals surface area contributed by atoms with Crippen LogP contribution in [0.25, 0.3) is 78.0 Å². The van der Waals surface area contributed by atoms with E-state index in [1.807, 2.05) is 72.8 Å². The van der Waals surface area contributed by atoms with Crippen molar-refractivity contribution in [2.24, 2.45) is 0 Å². The Kier molecular flexibility index (Phi) is 7.73. The maximum Gasteiger partial charge on any atom is 0.164 e. The molecule has 5 nitrogen and oxygen atoms in total. The Hall–Kier alpha value is -7.37. The van der Waals surface area contributed by atoms with E-state index in [4.69, 9.17) is 19.4 Å². The molecule has 0 radical (unpaired) electrons. The van der Waals surface area contributed by atoms with Gasteiger partial charge in [0, 0.05) is 44.5 Å². The number of hydrogen-bond donors (Lipinski definition) is 0. The van der Waals surface area contributed by atoms with Gasteiger partial charge in [0.15, 0.2) is 17.5 Å². The lowest BCUT2D eigenvalue weighted by Crippen LogP contribution is -2.09. The van der Waals surface area contributed by atoms with Crippen LogP contribution in [0.1, 0.15) is 0 Å². The molecule has 254 valence electrons. The number of hydrogen-bond acceptors (Lipinski definition) is 5. The van der Waals surface area contributed by atoms with Gasteiger partial charge in [-0.05, 0) is 82.6 Å². The van der Waals surface area contributed by atoms with Gasteiger partial charge in [-0.15, -0.1) is 0 Å². The van der Waals surface area contributed by atoms with E-state index in [-0.39, 0.29) is 0 Å². The predicted octanol–water partition coefficient (Wildman–Crippen LogP) is 13.1. The Morgan fingerprint density at radius 1 is 0.352 bits per heavy atom. The summed E-state index contributed by atoms with van der Waals surface area (Å²) in [5.41, 5.74) is 9.64. The Bertz CT molecular complexity index is 2810. The normalized spacial score (nSPS) is 11.3. The first-order chi connectivity index (χ1) is 26.7. The number of fused-ring (bicyclic) bond motifs is 4. The van der Waals surface area contributed by atoms with Crippen molar-refractivity contribution in [3.63, 3.8) is 0 Å². The van der Waals surface area contributed by atoms with E-state index in [1.165, 1.54) is 0 Å². The van der Waals surface area contributed by atoms with Crippen LogP contribution in [-0.2, 0) is 0 Å². The fourth-order valence-electron chi connectivity index (χ4n) is 7.28. The molecular formula is C49H32N4O. The van der Waals surface area contributed by atoms with Gasteiger partial charge in [-0.25, -0.2) is 15.0 Å². The van der Waals surface area contributed by atoms with Crippen molar-refractivity contribution in [1.82, 2.24) is 15.0 Å². The highest BCUT2D eigenvalue weighted by Gasteiger charge is 2.20. The minimum Gasteiger partial charge on any atom is -0.456 e. The molecule has 0 bridgehead atoms. The molecule has 0 amide bonds. The largest absolute Gasteiger partial charge is 0.456 e. The van der Waals surface area contributed by atoms with Crippen LogP contribution in [-0.4, -0.2) is 15.0 Å². The quantitative estimate of drug-likeness (QED) is 0.166. The van der Waals surface area contributed by atoms with Gasteiger partial charge in [-0.2, -0.15) is 0 Å². The van der Waals surface area contributed by atoms with Gasteiger partial charge in [0.1, 0.15) is 11.2 Å². The summed E-state index contributed by atoms with van der Waals surface area (Å²) in [7, 11) is 0. The Balaban J connectivity index is 1.19. The number of benzene rings is 8. The number of anilines is 3. The van der Waals surface area contributed by atoms with Gasteiger partial charge in [0.25, 0.3) is 0 Å². The first kappa shape index (κ1) is 31.4. The second-order valence-corrected chi connectivity index (χ2v) is 13.3. The SMILES string of the molecule is c1ccc(-c2nc(-c3ccccc3)nc(-c3cc(-c4ccc(N(c5ccccc5)c5ccccc5)cc4)c4c(c3)oc3cc5ccccc5cc34)n2)cc1. The second-order valence-electron chi connectivity index (χ2n) is 13.3. The average Bonchev–Trinajstić information content (AvgIpc) is 3.61. The summed E-state index contributed by atoms with van der Waals surface area (Å²) >= 11 is 0. The Labute approximate surface area is 312 Å². The molecule has 2 aromatic heterocycles. The van der Waals surface area contributed by atoms with E-state index >= 15 is 0 Å². The molecule has 0 unspecified atom stereocenters. The highest BCUT2D eigenvalue weighted by atomic mass is 16.3. The van der Waals surface area contributed by atoms with Crippen LogP contribution in [0.5, 0.6) is 0 Å². The molecule has 5 heteroatoms. The molecule has 0 spiro atoms. The summed E-state index contributed by atoms with van der Waals surface area (Å²) in [5.74, 6) is 1.80. The third-order valence-electron chi connectivity index (χ3n) is 9.86. The molecule has 2 heterocycles. The average molecular weight is 693 g/mol. The fourth-order valence-corrected chi connectivity index (χ4v) is 7.28. The van der Waals surface area contributed by atoms with Gasteiger partial charge in [-0.3, -0.25) is 0 Å². The van der Waals surface area contributed by atoms with Gasteiger partial charge in [0.05, 0.1) is 0 Å². The molecule has 10 rings (SSSR count). The molecule has 10 aromatic rings. The van der Waals surface area contributed by atoms with E-state index in [9.17, 15) is 0 Å². The van der Waals surface area contributed by atoms with Crippen molar-refractivity contribution >= 4 is 49.8 Å². The standard InChI is InChI=1S/C49H32N4O/c1-5-15-34(16-6-1)47-50-48(35-17-7-2-8-18-35)52-49(51-47)38-30-42(46-43-29-36-19-13-14-20-37(36)31-44(43)54-45(46)32-38)33-25-27-41(28-26-33)53(39-21-9-3-10-22-39)40-23-11-4-12-24-40/h1-32H. The van der Waals surface area contributed by atoms with Crippen LogP contribution < -0.4 is 4.90 Å². The van der Waals surface area contributed by atoms with Crippen molar-refractivity contribution in [2.45, 2.75) is 0 Å². The Morgan fingerprint density at radius 2 is 0.815 bits per heavy atom.